The average molecular weight is 1920 g/mol. The second kappa shape index (κ2) is 33.8. The fraction of sp³-hybridized carbons (Fsp3) is 0.286. The minimum atomic E-state index is -2.36. The molecule has 16 nitrogen and oxygen atoms in total. The average Bonchev–Trinajstić information content (AvgIpc) is 3.73. The number of alkyl carbamates (subject to hydrolysis) is 1. The summed E-state index contributed by atoms with van der Waals surface area (Å²) in [7, 11) is 1.22. The van der Waals surface area contributed by atoms with E-state index in [0.29, 0.717) is 47.5 Å². The van der Waals surface area contributed by atoms with Crippen LogP contribution in [0.3, 0.4) is 0 Å². The number of nitrogen functional groups attached to an aromatic ring is 1. The number of non-ortho nitro benzene ring substituents is 2. The number of nitro benzene ring substituents is 2. The fourth-order valence-electron chi connectivity index (χ4n) is 5.86. The number of ether oxygens (including phenoxy) is 1. The Bertz CT molecular complexity index is 2340. The zero-order valence-electron chi connectivity index (χ0n) is 36.9. The molecule has 5 rings (SSSR count). The SMILES string of the molecule is C.COC(=O)N[C@H](C(=O)N1CCC[C@H]1C(=O)Nc1ccc(CC(=O)c2ccc([N+](=O)[O-])cc2)cc1)C(C)C.Nc1ccc(CC(=O)c2ccc([N+](=O)[O-])cc2)cc1.[2H][V]([I])([I])([I])[I].[CH3-].[I][V]([I])([I])[I]. The molecule has 0 aromatic heterocycles. The van der Waals surface area contributed by atoms with E-state index >= 15 is 0 Å². The first-order valence-corrected chi connectivity index (χ1v) is 55.0. The Morgan fingerprint density at radius 1 is 0.794 bits per heavy atom. The number of hydrogen-bond acceptors (Lipinski definition) is 11. The Hall–Kier alpha value is 0.0388. The third kappa shape index (κ3) is 27.9. The van der Waals surface area contributed by atoms with Gasteiger partial charge in [0.1, 0.15) is 12.1 Å². The number of nitrogens with one attached hydrogen (secondary N) is 2. The molecule has 1 saturated heterocycles. The molecule has 4 aromatic carbocycles. The van der Waals surface area contributed by atoms with E-state index in [1.165, 1.54) is 60.5 Å². The van der Waals surface area contributed by atoms with Crippen molar-refractivity contribution in [3.63, 3.8) is 0 Å². The van der Waals surface area contributed by atoms with Gasteiger partial charge in [0.2, 0.25) is 11.8 Å². The van der Waals surface area contributed by atoms with Crippen LogP contribution in [0.25, 0.3) is 0 Å². The van der Waals surface area contributed by atoms with Crippen LogP contribution >= 0.6 is 160 Å². The van der Waals surface area contributed by atoms with E-state index in [-0.39, 0.29) is 68.4 Å². The van der Waals surface area contributed by atoms with Crippen LogP contribution < -0.4 is 16.4 Å². The summed E-state index contributed by atoms with van der Waals surface area (Å²) < 4.78 is 8.69. The molecule has 0 radical (unpaired) electrons. The molecule has 4 aromatic rings. The Kier molecular flexibility index (Phi) is 32.8. The molecule has 0 bridgehead atoms. The third-order valence-electron chi connectivity index (χ3n) is 8.96. The summed E-state index contributed by atoms with van der Waals surface area (Å²) in [5.41, 5.74) is 9.02. The summed E-state index contributed by atoms with van der Waals surface area (Å²) in [4.78, 5) is 84.1. The number of anilines is 2. The number of likely N-dealkylation sites (tertiary alicyclic amines) is 1. The number of methoxy groups -OCH3 is 1. The van der Waals surface area contributed by atoms with E-state index in [2.05, 4.69) is 175 Å². The summed E-state index contributed by atoms with van der Waals surface area (Å²) in [6.07, 6.45) is 0.803. The number of nitrogens with two attached hydrogens (primary N) is 1. The summed E-state index contributed by atoms with van der Waals surface area (Å²) in [5, 5.41) is 26.7. The number of halogens is 8. The number of ketones is 2. The molecule has 0 saturated carbocycles. The number of nitrogens with zero attached hydrogens (tertiary/aromatic N) is 3. The molecular formula is C42H50I8N6O10V2-. The van der Waals surface area contributed by atoms with Crippen molar-refractivity contribution in [2.45, 2.75) is 59.0 Å². The van der Waals surface area contributed by atoms with Crippen molar-refractivity contribution < 1.29 is 39.2 Å². The summed E-state index contributed by atoms with van der Waals surface area (Å²) in [6.45, 7) is 4.02. The fourth-order valence-corrected chi connectivity index (χ4v) is 5.86. The minimum absolute atomic E-state index is 0. The number of rotatable bonds is 13. The van der Waals surface area contributed by atoms with Gasteiger partial charge in [0.25, 0.3) is 11.4 Å². The van der Waals surface area contributed by atoms with Gasteiger partial charge in [-0.2, -0.15) is 0 Å². The predicted octanol–water partition coefficient (Wildman–Crippen LogP) is 13.8. The molecular weight excluding hydrogens is 1870 g/mol. The van der Waals surface area contributed by atoms with Gasteiger partial charge in [0.05, 0.1) is 17.0 Å². The predicted molar refractivity (Wildman–Crippen MR) is 334 cm³/mol. The molecule has 68 heavy (non-hydrogen) atoms. The van der Waals surface area contributed by atoms with Gasteiger partial charge in [-0.3, -0.25) is 39.4 Å². The molecule has 1 aliphatic heterocycles. The van der Waals surface area contributed by atoms with Gasteiger partial charge in [0.15, 0.2) is 11.6 Å². The van der Waals surface area contributed by atoms with Crippen molar-refractivity contribution in [1.82, 2.24) is 10.2 Å². The number of Topliss-reactive ketones (excluding diaryl/α,β-unsaturated/α-hetero) is 2. The standard InChI is InChI=1S/C26H30N4O7.C14H12N2O3.CH4.CH3.8HI.2V.H/c1-16(2)23(28-26(34)37-3)25(33)29-14-4-5-21(29)24(32)27-19-10-6-17(7-11-19)15-22(31)18-8-12-20(13-9-18)30(35)36;15-12-5-1-10(2-6-12)9-14(17)11-3-7-13(8-4-11)16(18)19;;;;;;;;;;;;;/h6-13,16,21,23H,4-5,14-15H2,1-3H3,(H,27,32)(H,28,34);1-8H,9,15H2;1H4;1H3;8*1H;;;/q;;;-1;;;;;;;;;2*+4;/p-8/t21-,23-;;;;;;;;;;;;;;/m0............../s1/i;;;;;;;;;;;;;;1+1. The number of nitro groups is 2. The normalized spacial score (nSPS) is 13.9. The molecule has 1 heterocycles. The van der Waals surface area contributed by atoms with Gasteiger partial charge in [-0.15, -0.1) is 0 Å². The van der Waals surface area contributed by atoms with Crippen LogP contribution in [0.4, 0.5) is 27.5 Å². The molecule has 375 valence electrons. The second-order valence-electron chi connectivity index (χ2n) is 14.0. The number of benzene rings is 4. The maximum absolute atomic E-state index is 13.1. The summed E-state index contributed by atoms with van der Waals surface area (Å²) >= 11 is 18.9. The molecule has 4 N–H and O–H groups in total. The third-order valence-corrected chi connectivity index (χ3v) is 8.96. The van der Waals surface area contributed by atoms with E-state index in [1.807, 2.05) is 0 Å². The summed E-state index contributed by atoms with van der Waals surface area (Å²) in [6, 6.07) is 23.4. The van der Waals surface area contributed by atoms with E-state index in [4.69, 9.17) is 6.61 Å². The van der Waals surface area contributed by atoms with Crippen molar-refractivity contribution >= 4 is 212 Å². The van der Waals surface area contributed by atoms with Gasteiger partial charge < -0.3 is 33.4 Å². The first-order valence-electron chi connectivity index (χ1n) is 19.4. The van der Waals surface area contributed by atoms with Gasteiger partial charge in [0, 0.05) is 66.2 Å². The van der Waals surface area contributed by atoms with Crippen LogP contribution in [-0.4, -0.2) is 70.8 Å². The van der Waals surface area contributed by atoms with Gasteiger partial charge in [-0.1, -0.05) is 45.5 Å². The first kappa shape index (κ1) is 66.1. The number of amides is 3. The molecule has 3 amide bonds. The molecule has 1 fully saturated rings. The Morgan fingerprint density at radius 3 is 1.53 bits per heavy atom. The van der Waals surface area contributed by atoms with Crippen molar-refractivity contribution in [3.05, 3.63) is 147 Å². The maximum atomic E-state index is 13.1. The Labute approximate surface area is 490 Å². The van der Waals surface area contributed by atoms with Crippen molar-refractivity contribution in [2.24, 2.45) is 5.92 Å². The van der Waals surface area contributed by atoms with Gasteiger partial charge in [-0.25, -0.2) is 4.79 Å². The van der Waals surface area contributed by atoms with E-state index in [1.54, 1.807) is 62.4 Å². The Morgan fingerprint density at radius 2 is 1.18 bits per heavy atom. The summed E-state index contributed by atoms with van der Waals surface area (Å²) in [5.74, 6) is -1.14. The van der Waals surface area contributed by atoms with Crippen LogP contribution in [0.5, 0.6) is 0 Å². The first-order chi connectivity index (χ1) is 30.9. The van der Waals surface area contributed by atoms with Gasteiger partial charge in [-0.05, 0) is 78.4 Å². The van der Waals surface area contributed by atoms with Crippen LogP contribution in [0, 0.1) is 33.6 Å². The number of carbonyl (C=O) groups is 5. The van der Waals surface area contributed by atoms with E-state index < -0.39 is 28.6 Å². The molecule has 0 unspecified atom stereocenters. The molecule has 26 heteroatoms. The van der Waals surface area contributed by atoms with E-state index in [9.17, 15) is 44.2 Å². The monoisotopic (exact) mass is 1920 g/mol. The van der Waals surface area contributed by atoms with Crippen LogP contribution in [-0.2, 0) is 27.8 Å². The number of hydrogen-bond donors (Lipinski definition) is 3. The molecule has 1 aliphatic rings. The zero-order valence-corrected chi connectivity index (χ0v) is 56.0. The van der Waals surface area contributed by atoms with Gasteiger partial charge >= 0.3 is 167 Å². The van der Waals surface area contributed by atoms with E-state index in [0.717, 1.165) is 5.56 Å². The molecule has 0 aliphatic carbocycles. The van der Waals surface area contributed by atoms with Crippen LogP contribution in [0.1, 0.15) is 66.0 Å². The van der Waals surface area contributed by atoms with Crippen molar-refractivity contribution in [1.29, 1.82) is 0.879 Å². The number of carbonyl (C=O) groups excluding carboxylic acids is 5. The topological polar surface area (TPSA) is 234 Å². The molecule has 0 spiro atoms. The van der Waals surface area contributed by atoms with Crippen LogP contribution in [0.15, 0.2) is 97.1 Å². The van der Waals surface area contributed by atoms with Crippen molar-refractivity contribution in [2.75, 3.05) is 24.7 Å². The quantitative estimate of drug-likeness (QED) is 0.0284. The van der Waals surface area contributed by atoms with Crippen LogP contribution in [0.2, 0.25) is 0 Å². The zero-order chi connectivity index (χ0) is 50.9. The van der Waals surface area contributed by atoms with Crippen molar-refractivity contribution in [3.8, 4) is 0 Å². The molecule has 2 atom stereocenters. The Balaban J connectivity index is 0.00000120. The second-order valence-corrected chi connectivity index (χ2v) is 156.